The molecule has 0 bridgehead atoms. The number of hydrogen-bond acceptors (Lipinski definition) is 9. The molecule has 2 aromatic carbocycles. The van der Waals surface area contributed by atoms with E-state index in [4.69, 9.17) is 5.73 Å². The number of halogens is 3. The number of hydrogen-bond donors (Lipinski definition) is 6. The predicted octanol–water partition coefficient (Wildman–Crippen LogP) is 2.28. The van der Waals surface area contributed by atoms with E-state index in [1.54, 1.807) is 30.3 Å². The number of nitrogens with two attached hydrogens (primary N) is 1. The normalized spacial score (nSPS) is 25.5. The average molecular weight is 602 g/mol. The van der Waals surface area contributed by atoms with Crippen LogP contribution in [0.2, 0.25) is 0 Å². The average Bonchev–Trinajstić information content (AvgIpc) is 2.90. The number of aliphatic hydroxyl groups is 3. The summed E-state index contributed by atoms with van der Waals surface area (Å²) in [4.78, 5) is 40.7. The summed E-state index contributed by atoms with van der Waals surface area (Å²) in [6, 6.07) is 8.41. The minimum Gasteiger partial charge on any atom is -0.508 e. The number of phenols is 1. The monoisotopic (exact) mass is 601 g/mol. The molecule has 0 unspecified atom stereocenters. The highest BCUT2D eigenvalue weighted by molar-refractivity contribution is 6.24. The number of Topliss-reactive ketones (excluding diaryl/α,β-unsaturated/α-hetero) is 2. The van der Waals surface area contributed by atoms with Crippen molar-refractivity contribution in [2.24, 2.45) is 17.6 Å². The van der Waals surface area contributed by atoms with Gasteiger partial charge in [-0.05, 0) is 61.2 Å². The number of carbonyl (C=O) groups excluding carboxylic acids is 3. The largest absolute Gasteiger partial charge is 0.508 e. The molecule has 43 heavy (non-hydrogen) atoms. The van der Waals surface area contributed by atoms with Crippen molar-refractivity contribution in [1.29, 1.82) is 0 Å². The van der Waals surface area contributed by atoms with Crippen molar-refractivity contribution in [1.82, 2.24) is 10.2 Å². The van der Waals surface area contributed by atoms with Crippen LogP contribution in [0.3, 0.4) is 0 Å². The molecule has 228 valence electrons. The molecule has 7 N–H and O–H groups in total. The van der Waals surface area contributed by atoms with Crippen molar-refractivity contribution in [3.63, 3.8) is 0 Å². The number of nitrogens with one attached hydrogen (secondary N) is 1. The molecule has 1 fully saturated rings. The fourth-order valence-electron chi connectivity index (χ4n) is 6.67. The van der Waals surface area contributed by atoms with Crippen LogP contribution in [0.1, 0.15) is 23.1 Å². The summed E-state index contributed by atoms with van der Waals surface area (Å²) in [5, 5.41) is 47.1. The minimum atomic E-state index is -4.34. The number of phenolic OH excluding ortho intramolecular Hbond substituents is 1. The Kier molecular flexibility index (Phi) is 7.39. The lowest BCUT2D eigenvalue weighted by Crippen LogP contribution is -2.65. The van der Waals surface area contributed by atoms with Crippen molar-refractivity contribution in [3.05, 3.63) is 70.0 Å². The van der Waals surface area contributed by atoms with E-state index >= 15 is 0 Å². The number of likely N-dealkylation sites (N-methyl/N-ethyl adjacent to an activating group) is 1. The number of aliphatic hydroxyl groups excluding tert-OH is 2. The zero-order valence-electron chi connectivity index (χ0n) is 23.2. The van der Waals surface area contributed by atoms with Crippen LogP contribution in [0.5, 0.6) is 5.75 Å². The highest BCUT2D eigenvalue weighted by Gasteiger charge is 2.64. The molecule has 4 atom stereocenters. The Balaban J connectivity index is 1.58. The molecule has 13 heteroatoms. The fourth-order valence-corrected chi connectivity index (χ4v) is 6.67. The standard InChI is InChI=1S/C30H30F3N3O7/c1-36(2)23-18-10-15-9-17-16(14-5-3-13(4-6-14)11-35-12-29(31,32)33)7-8-19(37)21(17)24(38)20(15)26(40)30(18,43)27(41)22(25(23)39)28(34)42/h3-8,15,18,23,35,37-38,41,43H,9-12H2,1-2H3,(H2,34,42)/t15-,18+,23-,30-/m1/s1. The van der Waals surface area contributed by atoms with Crippen molar-refractivity contribution in [2.75, 3.05) is 20.6 Å². The van der Waals surface area contributed by atoms with E-state index < -0.39 is 70.8 Å². The molecule has 0 aromatic heterocycles. The van der Waals surface area contributed by atoms with Gasteiger partial charge in [0, 0.05) is 18.0 Å². The third-order valence-corrected chi connectivity index (χ3v) is 8.52. The number of amides is 1. The Labute approximate surface area is 243 Å². The summed E-state index contributed by atoms with van der Waals surface area (Å²) in [7, 11) is 3.04. The molecular formula is C30H30F3N3O7. The highest BCUT2D eigenvalue weighted by atomic mass is 19.4. The Morgan fingerprint density at radius 3 is 2.33 bits per heavy atom. The Hall–Kier alpha value is -4.20. The molecule has 0 aliphatic heterocycles. The molecule has 2 aromatic rings. The van der Waals surface area contributed by atoms with Gasteiger partial charge in [0.25, 0.3) is 5.91 Å². The van der Waals surface area contributed by atoms with Gasteiger partial charge in [-0.15, -0.1) is 0 Å². The van der Waals surface area contributed by atoms with Gasteiger partial charge in [-0.3, -0.25) is 19.3 Å². The first kappa shape index (κ1) is 30.3. The first-order valence-corrected chi connectivity index (χ1v) is 13.4. The summed E-state index contributed by atoms with van der Waals surface area (Å²) in [5.74, 6) is -7.31. The van der Waals surface area contributed by atoms with Crippen LogP contribution in [0.4, 0.5) is 13.2 Å². The maximum Gasteiger partial charge on any atom is 0.401 e. The van der Waals surface area contributed by atoms with E-state index in [0.717, 1.165) is 0 Å². The minimum absolute atomic E-state index is 0.0145. The van der Waals surface area contributed by atoms with E-state index in [2.05, 4.69) is 5.32 Å². The van der Waals surface area contributed by atoms with Crippen LogP contribution in [0, 0.1) is 11.8 Å². The number of fused-ring (bicyclic) bond motifs is 3. The lowest BCUT2D eigenvalue weighted by Gasteiger charge is -2.50. The summed E-state index contributed by atoms with van der Waals surface area (Å²) >= 11 is 0. The van der Waals surface area contributed by atoms with Gasteiger partial charge >= 0.3 is 6.18 Å². The first-order valence-electron chi connectivity index (χ1n) is 13.4. The number of rotatable bonds is 6. The van der Waals surface area contributed by atoms with Crippen molar-refractivity contribution in [2.45, 2.75) is 37.2 Å². The molecule has 5 rings (SSSR count). The molecule has 0 spiro atoms. The van der Waals surface area contributed by atoms with E-state index in [0.29, 0.717) is 22.3 Å². The number of carbonyl (C=O) groups is 3. The van der Waals surface area contributed by atoms with Gasteiger partial charge in [0.05, 0.1) is 18.2 Å². The van der Waals surface area contributed by atoms with Crippen LogP contribution < -0.4 is 11.1 Å². The van der Waals surface area contributed by atoms with Crippen molar-refractivity contribution >= 4 is 23.2 Å². The molecule has 10 nitrogen and oxygen atoms in total. The van der Waals surface area contributed by atoms with Crippen molar-refractivity contribution in [3.8, 4) is 16.9 Å². The van der Waals surface area contributed by atoms with Gasteiger partial charge in [-0.25, -0.2) is 0 Å². The van der Waals surface area contributed by atoms with E-state index in [1.165, 1.54) is 25.1 Å². The third kappa shape index (κ3) is 4.86. The molecule has 0 saturated heterocycles. The highest BCUT2D eigenvalue weighted by Crippen LogP contribution is 2.53. The van der Waals surface area contributed by atoms with Gasteiger partial charge in [0.2, 0.25) is 5.78 Å². The fraction of sp³-hybridized carbons (Fsp3) is 0.367. The maximum absolute atomic E-state index is 13.9. The van der Waals surface area contributed by atoms with E-state index in [1.807, 2.05) is 0 Å². The number of benzene rings is 2. The SMILES string of the molecule is CN(C)[C@H]1C(=O)C(C(N)=O)=C(O)[C@]2(O)C(=O)C3=C(O)c4c(O)ccc(-c5ccc(CNCC(F)(F)F)cc5)c4C[C@@H]3C[C@@H]12. The Morgan fingerprint density at radius 1 is 1.09 bits per heavy atom. The van der Waals surface area contributed by atoms with Gasteiger partial charge < -0.3 is 31.5 Å². The Bertz CT molecular complexity index is 1600. The third-order valence-electron chi connectivity index (χ3n) is 8.52. The molecule has 0 radical (unpaired) electrons. The maximum atomic E-state index is 13.9. The molecule has 3 aliphatic rings. The van der Waals surface area contributed by atoms with Crippen LogP contribution in [-0.4, -0.2) is 81.3 Å². The molecule has 1 saturated carbocycles. The second-order valence-electron chi connectivity index (χ2n) is 11.4. The second kappa shape index (κ2) is 10.5. The van der Waals surface area contributed by atoms with Crippen LogP contribution >= 0.6 is 0 Å². The topological polar surface area (TPSA) is 173 Å². The molecular weight excluding hydrogens is 571 g/mol. The molecule has 3 aliphatic carbocycles. The van der Waals surface area contributed by atoms with Crippen LogP contribution in [-0.2, 0) is 27.3 Å². The number of ketones is 2. The van der Waals surface area contributed by atoms with Crippen molar-refractivity contribution < 1.29 is 48.0 Å². The molecule has 0 heterocycles. The Morgan fingerprint density at radius 2 is 1.74 bits per heavy atom. The summed E-state index contributed by atoms with van der Waals surface area (Å²) in [6.45, 7) is -1.15. The number of alkyl halides is 3. The summed E-state index contributed by atoms with van der Waals surface area (Å²) in [5.41, 5.74) is 3.72. The smallest absolute Gasteiger partial charge is 0.401 e. The van der Waals surface area contributed by atoms with Gasteiger partial charge in [-0.1, -0.05) is 30.3 Å². The number of aromatic hydroxyl groups is 1. The summed E-state index contributed by atoms with van der Waals surface area (Å²) < 4.78 is 37.4. The van der Waals surface area contributed by atoms with Crippen LogP contribution in [0.25, 0.3) is 16.9 Å². The van der Waals surface area contributed by atoms with Gasteiger partial charge in [0.1, 0.15) is 22.8 Å². The van der Waals surface area contributed by atoms with Gasteiger partial charge in [-0.2, -0.15) is 13.2 Å². The second-order valence-corrected chi connectivity index (χ2v) is 11.4. The first-order chi connectivity index (χ1) is 20.1. The lowest BCUT2D eigenvalue weighted by atomic mass is 9.57. The number of primary amides is 1. The van der Waals surface area contributed by atoms with E-state index in [-0.39, 0.29) is 36.3 Å². The zero-order chi connectivity index (χ0) is 31.6. The zero-order valence-corrected chi connectivity index (χ0v) is 23.2. The lowest BCUT2D eigenvalue weighted by molar-refractivity contribution is -0.153. The number of nitrogens with zero attached hydrogens (tertiary/aromatic N) is 1. The predicted molar refractivity (Wildman–Crippen MR) is 147 cm³/mol. The van der Waals surface area contributed by atoms with Crippen LogP contribution in [0.15, 0.2) is 53.3 Å². The van der Waals surface area contributed by atoms with Gasteiger partial charge in [0.15, 0.2) is 11.4 Å². The quantitative estimate of drug-likeness (QED) is 0.272. The summed E-state index contributed by atoms with van der Waals surface area (Å²) in [6.07, 6.45) is -4.29. The molecule has 1 amide bonds. The van der Waals surface area contributed by atoms with E-state index in [9.17, 15) is 48.0 Å².